The Hall–Kier alpha value is -2.29. The average Bonchev–Trinajstić information content (AvgIpc) is 2.86. The van der Waals surface area contributed by atoms with Crippen molar-refractivity contribution in [3.8, 4) is 23.5 Å². The molecule has 0 atom stereocenters. The molecule has 0 heterocycles. The summed E-state index contributed by atoms with van der Waals surface area (Å²) in [6.07, 6.45) is 0. The van der Waals surface area contributed by atoms with Crippen LogP contribution in [0.15, 0.2) is 72.8 Å². The van der Waals surface area contributed by atoms with E-state index in [9.17, 15) is 0 Å². The summed E-state index contributed by atoms with van der Waals surface area (Å²) in [5.41, 5.74) is 8.24. The largest absolute Gasteiger partial charge is 0.347 e. The molecule has 3 rings (SSSR count). The fourth-order valence-electron chi connectivity index (χ4n) is 7.94. The number of benzene rings is 3. The predicted molar refractivity (Wildman–Crippen MR) is 216 cm³/mol. The van der Waals surface area contributed by atoms with Crippen LogP contribution in [0.2, 0.25) is 78.6 Å². The highest BCUT2D eigenvalue weighted by Gasteiger charge is 2.45. The standard InChI is InChI=1S/C40H59BSi4/c1-40(2,3)34-30-35(38(42(4,5)6)43(7,8)9)37(36(31-34)39(44(10,11)12)45(13,14)15)41(28-26-32-22-18-16-19-23-32)29-27-33-24-20-17-21-25-33/h16-25,30-31,38-39H,1-15H3. The molecular weight excluding hydrogens is 604 g/mol. The van der Waals surface area contributed by atoms with E-state index in [0.29, 0.717) is 10.3 Å². The Bertz CT molecular complexity index is 1430. The number of hydrogen-bond acceptors (Lipinski definition) is 0. The van der Waals surface area contributed by atoms with Crippen molar-refractivity contribution in [1.29, 1.82) is 0 Å². The highest BCUT2D eigenvalue weighted by atomic mass is 28.4. The summed E-state index contributed by atoms with van der Waals surface area (Å²) in [6, 6.07) is 26.2. The smallest absolute Gasteiger partial charge is 0.125 e. The van der Waals surface area contributed by atoms with Crippen LogP contribution in [0.1, 0.15) is 58.9 Å². The maximum atomic E-state index is 3.82. The molecule has 3 aromatic carbocycles. The quantitative estimate of drug-likeness (QED) is 0.174. The van der Waals surface area contributed by atoms with Crippen LogP contribution in [0.25, 0.3) is 0 Å². The summed E-state index contributed by atoms with van der Waals surface area (Å²) >= 11 is 0. The minimum Gasteiger partial charge on any atom is -0.125 e. The molecule has 0 unspecified atom stereocenters. The van der Waals surface area contributed by atoms with Crippen molar-refractivity contribution in [1.82, 2.24) is 0 Å². The van der Waals surface area contributed by atoms with Crippen LogP contribution < -0.4 is 5.46 Å². The van der Waals surface area contributed by atoms with Crippen molar-refractivity contribution in [2.24, 2.45) is 0 Å². The first-order valence-electron chi connectivity index (χ1n) is 16.8. The summed E-state index contributed by atoms with van der Waals surface area (Å²) in [7, 11) is -6.63. The van der Waals surface area contributed by atoms with Gasteiger partial charge in [-0.2, -0.15) is 0 Å². The lowest BCUT2D eigenvalue weighted by atomic mass is 9.44. The van der Waals surface area contributed by atoms with Crippen molar-refractivity contribution in [2.75, 3.05) is 0 Å². The van der Waals surface area contributed by atoms with E-state index in [1.165, 1.54) is 11.0 Å². The van der Waals surface area contributed by atoms with Crippen LogP contribution >= 0.6 is 0 Å². The molecular formula is C40H59BSi4. The molecule has 0 bridgehead atoms. The van der Waals surface area contributed by atoms with Crippen molar-refractivity contribution in [2.45, 2.75) is 115 Å². The van der Waals surface area contributed by atoms with Gasteiger partial charge in [0.2, 0.25) is 0 Å². The number of rotatable bonds is 7. The topological polar surface area (TPSA) is 0 Å². The maximum Gasteiger partial charge on any atom is 0.347 e. The Morgan fingerprint density at radius 2 is 0.822 bits per heavy atom. The van der Waals surface area contributed by atoms with Crippen LogP contribution in [-0.2, 0) is 5.41 Å². The van der Waals surface area contributed by atoms with E-state index in [4.69, 9.17) is 0 Å². The first-order chi connectivity index (χ1) is 20.5. The zero-order valence-electron chi connectivity index (χ0n) is 31.2. The van der Waals surface area contributed by atoms with Gasteiger partial charge in [-0.25, -0.2) is 0 Å². The van der Waals surface area contributed by atoms with Crippen molar-refractivity contribution < 1.29 is 0 Å². The molecule has 0 spiro atoms. The van der Waals surface area contributed by atoms with Gasteiger partial charge in [0.1, 0.15) is 0 Å². The Morgan fingerprint density at radius 1 is 0.511 bits per heavy atom. The normalized spacial score (nSPS) is 12.8. The Labute approximate surface area is 282 Å². The summed E-state index contributed by atoms with van der Waals surface area (Å²) in [4.78, 5) is 0. The lowest BCUT2D eigenvalue weighted by molar-refractivity contribution is 0.589. The molecule has 0 saturated carbocycles. The van der Waals surface area contributed by atoms with Gasteiger partial charge < -0.3 is 0 Å². The van der Waals surface area contributed by atoms with E-state index in [-0.39, 0.29) is 12.1 Å². The molecule has 0 nitrogen and oxygen atoms in total. The van der Waals surface area contributed by atoms with E-state index in [1.54, 1.807) is 11.1 Å². The van der Waals surface area contributed by atoms with Crippen LogP contribution in [0, 0.1) is 23.5 Å². The fourth-order valence-corrected chi connectivity index (χ4v) is 33.4. The second-order valence-electron chi connectivity index (χ2n) is 18.4. The first kappa shape index (κ1) is 37.2. The lowest BCUT2D eigenvalue weighted by Crippen LogP contribution is -2.54. The average molecular weight is 663 g/mol. The second-order valence-corrected chi connectivity index (χ2v) is 40.7. The van der Waals surface area contributed by atoms with Crippen molar-refractivity contribution in [3.63, 3.8) is 0 Å². The van der Waals surface area contributed by atoms with Crippen LogP contribution in [0.5, 0.6) is 0 Å². The van der Waals surface area contributed by atoms with E-state index >= 15 is 0 Å². The second kappa shape index (κ2) is 13.8. The Balaban J connectivity index is 2.65. The Morgan fingerprint density at radius 3 is 1.09 bits per heavy atom. The summed E-state index contributed by atoms with van der Waals surface area (Å²) in [5, 5.41) is 1.18. The van der Waals surface area contributed by atoms with Crippen LogP contribution in [-0.4, -0.2) is 39.0 Å². The fraction of sp³-hybridized carbons (Fsp3) is 0.450. The van der Waals surface area contributed by atoms with E-state index < -0.39 is 32.3 Å². The molecule has 0 fully saturated rings. The van der Waals surface area contributed by atoms with Gasteiger partial charge in [0, 0.05) is 43.4 Å². The van der Waals surface area contributed by atoms with E-state index in [2.05, 4.69) is 196 Å². The van der Waals surface area contributed by atoms with Gasteiger partial charge in [-0.3, -0.25) is 0 Å². The van der Waals surface area contributed by atoms with Gasteiger partial charge in [0.05, 0.1) is 0 Å². The predicted octanol–water partition coefficient (Wildman–Crippen LogP) is 10.5. The summed E-state index contributed by atoms with van der Waals surface area (Å²) in [6.45, 7) is 38.2. The van der Waals surface area contributed by atoms with Gasteiger partial charge in [-0.1, -0.05) is 171 Å². The van der Waals surface area contributed by atoms with Gasteiger partial charge >= 0.3 is 6.71 Å². The summed E-state index contributed by atoms with van der Waals surface area (Å²) in [5.74, 6) is 14.8. The van der Waals surface area contributed by atoms with E-state index in [1.807, 2.05) is 0 Å². The van der Waals surface area contributed by atoms with Crippen molar-refractivity contribution in [3.05, 3.63) is 101 Å². The van der Waals surface area contributed by atoms with Gasteiger partial charge in [-0.15, -0.1) is 11.6 Å². The highest BCUT2D eigenvalue weighted by Crippen LogP contribution is 2.42. The molecule has 0 N–H and O–H groups in total. The van der Waals surface area contributed by atoms with Gasteiger partial charge in [-0.05, 0) is 51.0 Å². The molecule has 238 valence electrons. The SMILES string of the molecule is CC(C)(C)c1cc(C([Si](C)(C)C)[Si](C)(C)C)c(B(C#Cc2ccccc2)C#Cc2ccccc2)c(C([Si](C)(C)C)[Si](C)(C)C)c1. The van der Waals surface area contributed by atoms with Gasteiger partial charge in [0.15, 0.2) is 0 Å². The zero-order chi connectivity index (χ0) is 34.0. The lowest BCUT2D eigenvalue weighted by Gasteiger charge is -2.45. The first-order valence-corrected chi connectivity index (χ1v) is 31.1. The molecule has 0 radical (unpaired) electrons. The van der Waals surface area contributed by atoms with E-state index in [0.717, 1.165) is 11.1 Å². The molecule has 3 aromatic rings. The molecule has 5 heteroatoms. The highest BCUT2D eigenvalue weighted by molar-refractivity contribution is 6.98. The third kappa shape index (κ3) is 9.85. The molecule has 45 heavy (non-hydrogen) atoms. The zero-order valence-corrected chi connectivity index (χ0v) is 35.2. The minimum atomic E-state index is -1.66. The number of hydrogen-bond donors (Lipinski definition) is 0. The van der Waals surface area contributed by atoms with Gasteiger partial charge in [0.25, 0.3) is 0 Å². The Kier molecular flexibility index (Phi) is 11.4. The van der Waals surface area contributed by atoms with Crippen molar-refractivity contribution >= 4 is 44.5 Å². The third-order valence-corrected chi connectivity index (χ3v) is 27.3. The third-order valence-electron chi connectivity index (χ3n) is 8.75. The molecule has 0 aromatic heterocycles. The molecule has 0 amide bonds. The molecule has 0 aliphatic carbocycles. The molecule has 0 saturated heterocycles. The maximum absolute atomic E-state index is 3.82. The monoisotopic (exact) mass is 662 g/mol. The minimum absolute atomic E-state index is 0.0514. The molecule has 0 aliphatic heterocycles. The molecule has 0 aliphatic rings. The van der Waals surface area contributed by atoms with Crippen LogP contribution in [0.4, 0.5) is 0 Å². The van der Waals surface area contributed by atoms with Crippen LogP contribution in [0.3, 0.4) is 0 Å². The summed E-state index contributed by atoms with van der Waals surface area (Å²) < 4.78 is 0.